The Balaban J connectivity index is 2.05. The molecule has 2 aromatic carbocycles. The SMILES string of the molecule is N#CNC(=NCc1ccccc1)NC(Cn1ccnc1)c1cc(C(F)(F)F)ccc1C(F)(F)F. The Morgan fingerprint density at radius 1 is 1.06 bits per heavy atom. The molecule has 0 fully saturated rings. The van der Waals surface area contributed by atoms with Gasteiger partial charge in [-0.05, 0) is 29.3 Å². The van der Waals surface area contributed by atoms with Crippen LogP contribution in [0.1, 0.15) is 28.3 Å². The molecule has 6 nitrogen and oxygen atoms in total. The maximum Gasteiger partial charge on any atom is 0.416 e. The normalized spacial score (nSPS) is 13.3. The summed E-state index contributed by atoms with van der Waals surface area (Å²) in [5, 5.41) is 14.0. The summed E-state index contributed by atoms with van der Waals surface area (Å²) in [6, 6.07) is 8.72. The Morgan fingerprint density at radius 3 is 2.38 bits per heavy atom. The summed E-state index contributed by atoms with van der Waals surface area (Å²) < 4.78 is 82.6. The monoisotopic (exact) mass is 480 g/mol. The van der Waals surface area contributed by atoms with Crippen LogP contribution in [0.5, 0.6) is 0 Å². The number of nitrogens with one attached hydrogen (secondary N) is 2. The number of benzene rings is 2. The van der Waals surface area contributed by atoms with Gasteiger partial charge in [0.2, 0.25) is 5.96 Å². The average Bonchev–Trinajstić information content (AvgIpc) is 3.29. The quantitative estimate of drug-likeness (QED) is 0.173. The minimum absolute atomic E-state index is 0.0738. The van der Waals surface area contributed by atoms with E-state index in [-0.39, 0.29) is 19.0 Å². The highest BCUT2D eigenvalue weighted by Gasteiger charge is 2.39. The number of aromatic nitrogens is 2. The minimum Gasteiger partial charge on any atom is -0.347 e. The van der Waals surface area contributed by atoms with Crippen LogP contribution in [0, 0.1) is 11.5 Å². The van der Waals surface area contributed by atoms with Gasteiger partial charge in [-0.25, -0.2) is 9.98 Å². The van der Waals surface area contributed by atoms with E-state index in [1.165, 1.54) is 23.3 Å². The zero-order valence-corrected chi connectivity index (χ0v) is 17.4. The van der Waals surface area contributed by atoms with Crippen LogP contribution in [-0.4, -0.2) is 15.5 Å². The Kier molecular flexibility index (Phi) is 7.45. The first-order valence-electron chi connectivity index (χ1n) is 9.82. The molecule has 34 heavy (non-hydrogen) atoms. The first kappa shape index (κ1) is 24.6. The van der Waals surface area contributed by atoms with E-state index in [0.717, 1.165) is 5.56 Å². The molecule has 1 heterocycles. The second kappa shape index (κ2) is 10.3. The largest absolute Gasteiger partial charge is 0.416 e. The molecule has 178 valence electrons. The number of imidazole rings is 1. The first-order valence-corrected chi connectivity index (χ1v) is 9.82. The highest BCUT2D eigenvalue weighted by Crippen LogP contribution is 2.39. The lowest BCUT2D eigenvalue weighted by Crippen LogP contribution is -2.39. The van der Waals surface area contributed by atoms with E-state index >= 15 is 0 Å². The lowest BCUT2D eigenvalue weighted by molar-refractivity contribution is -0.142. The van der Waals surface area contributed by atoms with Gasteiger partial charge in [0.05, 0.1) is 30.0 Å². The van der Waals surface area contributed by atoms with Crippen molar-refractivity contribution in [3.8, 4) is 6.19 Å². The molecule has 12 heteroatoms. The molecular formula is C22H18F6N6. The van der Waals surface area contributed by atoms with Crippen molar-refractivity contribution in [3.05, 3.63) is 89.5 Å². The third kappa shape index (κ3) is 6.50. The second-order valence-corrected chi connectivity index (χ2v) is 7.14. The van der Waals surface area contributed by atoms with Crippen LogP contribution in [0.25, 0.3) is 0 Å². The van der Waals surface area contributed by atoms with Gasteiger partial charge in [-0.1, -0.05) is 30.3 Å². The van der Waals surface area contributed by atoms with Crippen molar-refractivity contribution >= 4 is 5.96 Å². The number of hydrogen-bond donors (Lipinski definition) is 2. The third-order valence-electron chi connectivity index (χ3n) is 4.76. The van der Waals surface area contributed by atoms with Crippen LogP contribution in [0.3, 0.4) is 0 Å². The number of nitrogens with zero attached hydrogens (tertiary/aromatic N) is 4. The number of aliphatic imine (C=N–C) groups is 1. The predicted octanol–water partition coefficient (Wildman–Crippen LogP) is 4.88. The molecule has 1 unspecified atom stereocenters. The Hall–Kier alpha value is -4.01. The van der Waals surface area contributed by atoms with E-state index < -0.39 is 35.1 Å². The van der Waals surface area contributed by atoms with Crippen molar-refractivity contribution in [1.82, 2.24) is 20.2 Å². The first-order chi connectivity index (χ1) is 16.1. The van der Waals surface area contributed by atoms with Crippen molar-refractivity contribution in [2.75, 3.05) is 0 Å². The summed E-state index contributed by atoms with van der Waals surface area (Å²) in [5.74, 6) is -0.193. The standard InChI is InChI=1S/C22H18F6N6/c23-21(24,25)16-6-7-18(22(26,27)28)17(10-16)19(12-34-9-8-30-14-34)33-20(32-13-29)31-11-15-4-2-1-3-5-15/h1-10,14,19H,11-12H2,(H2,31,32,33). The van der Waals surface area contributed by atoms with Gasteiger partial charge in [0, 0.05) is 18.9 Å². The van der Waals surface area contributed by atoms with E-state index in [1.54, 1.807) is 36.5 Å². The zero-order valence-electron chi connectivity index (χ0n) is 17.4. The molecule has 0 radical (unpaired) electrons. The van der Waals surface area contributed by atoms with Gasteiger partial charge in [0.1, 0.15) is 0 Å². The number of hydrogen-bond acceptors (Lipinski definition) is 3. The van der Waals surface area contributed by atoms with Crippen molar-refractivity contribution < 1.29 is 26.3 Å². The molecule has 0 saturated carbocycles. The van der Waals surface area contributed by atoms with Gasteiger partial charge in [-0.15, -0.1) is 0 Å². The fourth-order valence-electron chi connectivity index (χ4n) is 3.21. The Labute approximate surface area is 190 Å². The van der Waals surface area contributed by atoms with Crippen LogP contribution in [0.2, 0.25) is 0 Å². The lowest BCUT2D eigenvalue weighted by Gasteiger charge is -2.25. The molecule has 1 atom stereocenters. The number of rotatable bonds is 6. The van der Waals surface area contributed by atoms with Gasteiger partial charge in [-0.2, -0.15) is 31.6 Å². The van der Waals surface area contributed by atoms with Gasteiger partial charge in [-0.3, -0.25) is 5.32 Å². The van der Waals surface area contributed by atoms with Crippen molar-refractivity contribution in [2.24, 2.45) is 4.99 Å². The zero-order chi connectivity index (χ0) is 24.8. The molecule has 0 aliphatic heterocycles. The van der Waals surface area contributed by atoms with Crippen LogP contribution in [-0.2, 0) is 25.4 Å². The molecule has 0 aliphatic carbocycles. The topological polar surface area (TPSA) is 78.0 Å². The molecule has 0 aliphatic rings. The summed E-state index contributed by atoms with van der Waals surface area (Å²) in [7, 11) is 0. The van der Waals surface area contributed by atoms with Crippen molar-refractivity contribution in [2.45, 2.75) is 31.5 Å². The second-order valence-electron chi connectivity index (χ2n) is 7.14. The predicted molar refractivity (Wildman–Crippen MR) is 111 cm³/mol. The summed E-state index contributed by atoms with van der Waals surface area (Å²) in [4.78, 5) is 8.01. The maximum absolute atomic E-state index is 13.7. The third-order valence-corrected chi connectivity index (χ3v) is 4.76. The molecular weight excluding hydrogens is 462 g/mol. The molecule has 3 aromatic rings. The molecule has 0 bridgehead atoms. The Morgan fingerprint density at radius 2 is 1.79 bits per heavy atom. The van der Waals surface area contributed by atoms with Gasteiger partial charge < -0.3 is 9.88 Å². The maximum atomic E-state index is 13.7. The number of guanidine groups is 1. The molecule has 0 spiro atoms. The van der Waals surface area contributed by atoms with Gasteiger partial charge in [0.15, 0.2) is 6.19 Å². The number of halogens is 6. The van der Waals surface area contributed by atoms with Gasteiger partial charge in [0.25, 0.3) is 0 Å². The summed E-state index contributed by atoms with van der Waals surface area (Å²) in [6.07, 6.45) is -3.99. The minimum atomic E-state index is -4.92. The fraction of sp³-hybridized carbons (Fsp3) is 0.227. The number of nitriles is 1. The van der Waals surface area contributed by atoms with Gasteiger partial charge >= 0.3 is 12.4 Å². The van der Waals surface area contributed by atoms with E-state index in [2.05, 4.69) is 20.6 Å². The highest BCUT2D eigenvalue weighted by molar-refractivity contribution is 5.81. The van der Waals surface area contributed by atoms with Crippen LogP contribution >= 0.6 is 0 Å². The molecule has 3 rings (SSSR count). The summed E-state index contributed by atoms with van der Waals surface area (Å²) >= 11 is 0. The lowest BCUT2D eigenvalue weighted by atomic mass is 9.96. The van der Waals surface area contributed by atoms with E-state index in [4.69, 9.17) is 5.26 Å². The summed E-state index contributed by atoms with van der Waals surface area (Å²) in [5.41, 5.74) is -2.37. The highest BCUT2D eigenvalue weighted by atomic mass is 19.4. The molecule has 2 N–H and O–H groups in total. The van der Waals surface area contributed by atoms with Crippen LogP contribution < -0.4 is 10.6 Å². The molecule has 0 amide bonds. The van der Waals surface area contributed by atoms with Crippen LogP contribution in [0.4, 0.5) is 26.3 Å². The Bertz CT molecular complexity index is 1150. The van der Waals surface area contributed by atoms with Crippen molar-refractivity contribution in [3.63, 3.8) is 0 Å². The van der Waals surface area contributed by atoms with Crippen LogP contribution in [0.15, 0.2) is 72.2 Å². The molecule has 0 saturated heterocycles. The molecule has 1 aromatic heterocycles. The van der Waals surface area contributed by atoms with E-state index in [1.807, 2.05) is 0 Å². The fourth-order valence-corrected chi connectivity index (χ4v) is 3.21. The summed E-state index contributed by atoms with van der Waals surface area (Å²) in [6.45, 7) is -0.147. The van der Waals surface area contributed by atoms with Crippen molar-refractivity contribution in [1.29, 1.82) is 5.26 Å². The van der Waals surface area contributed by atoms with E-state index in [0.29, 0.717) is 18.2 Å². The van der Waals surface area contributed by atoms with E-state index in [9.17, 15) is 26.3 Å². The smallest absolute Gasteiger partial charge is 0.347 e. The average molecular weight is 480 g/mol. The number of alkyl halides is 6.